The van der Waals surface area contributed by atoms with E-state index in [1.165, 1.54) is 0 Å². The predicted molar refractivity (Wildman–Crippen MR) is 114 cm³/mol. The number of rotatable bonds is 5. The molecular weight excluding hydrogens is 434 g/mol. The number of hydrogen-bond donors (Lipinski definition) is 4. The summed E-state index contributed by atoms with van der Waals surface area (Å²) in [5.41, 5.74) is 10.2. The monoisotopic (exact) mass is 459 g/mol. The molecule has 4 N–H and O–H groups in total. The fourth-order valence-electron chi connectivity index (χ4n) is 4.75. The van der Waals surface area contributed by atoms with Gasteiger partial charge in [-0.25, -0.2) is 10.9 Å². The first kappa shape index (κ1) is 20.3. The van der Waals surface area contributed by atoms with E-state index in [2.05, 4.69) is 26.8 Å². The van der Waals surface area contributed by atoms with E-state index in [1.54, 1.807) is 0 Å². The van der Waals surface area contributed by atoms with Gasteiger partial charge in [0.2, 0.25) is 5.91 Å². The van der Waals surface area contributed by atoms with Gasteiger partial charge < -0.3 is 15.1 Å². The smallest absolute Gasteiger partial charge is 0.242 e. The number of carbonyl (C=O) groups excluding carboxylic acids is 1. The van der Waals surface area contributed by atoms with Crippen molar-refractivity contribution < 1.29 is 15.0 Å². The first-order chi connectivity index (χ1) is 13.9. The molecule has 4 rings (SSSR count). The van der Waals surface area contributed by atoms with Gasteiger partial charge in [-0.2, -0.15) is 0 Å². The molecule has 29 heavy (non-hydrogen) atoms. The highest BCUT2D eigenvalue weighted by Gasteiger charge is 2.55. The molecule has 2 fully saturated rings. The molecule has 4 unspecified atom stereocenters. The molecule has 0 saturated carbocycles. The van der Waals surface area contributed by atoms with Gasteiger partial charge in [-0.3, -0.25) is 4.79 Å². The summed E-state index contributed by atoms with van der Waals surface area (Å²) in [7, 11) is 0. The molecule has 1 amide bonds. The summed E-state index contributed by atoms with van der Waals surface area (Å²) in [6.45, 7) is 4.44. The number of aliphatic hydroxyl groups excluding tert-OH is 1. The van der Waals surface area contributed by atoms with E-state index in [-0.39, 0.29) is 42.3 Å². The van der Waals surface area contributed by atoms with Gasteiger partial charge in [0.15, 0.2) is 0 Å². The lowest BCUT2D eigenvalue weighted by atomic mass is 9.82. The first-order valence-electron chi connectivity index (χ1n) is 9.90. The summed E-state index contributed by atoms with van der Waals surface area (Å²) in [5, 5.41) is 20.1. The number of likely N-dealkylation sites (tertiary alicyclic amines) is 1. The lowest BCUT2D eigenvalue weighted by Crippen LogP contribution is -2.41. The van der Waals surface area contributed by atoms with Gasteiger partial charge in [0, 0.05) is 29.1 Å². The van der Waals surface area contributed by atoms with Gasteiger partial charge in [-0.1, -0.05) is 45.8 Å². The summed E-state index contributed by atoms with van der Waals surface area (Å²) in [6, 6.07) is 11.2. The zero-order chi connectivity index (χ0) is 20.7. The van der Waals surface area contributed by atoms with E-state index >= 15 is 0 Å². The quantitative estimate of drug-likeness (QED) is 0.552. The number of halogens is 1. The molecule has 2 aliphatic heterocycles. The summed E-state index contributed by atoms with van der Waals surface area (Å²) < 4.78 is 0.982. The fourth-order valence-corrected chi connectivity index (χ4v) is 5.01. The molecule has 0 aliphatic carbocycles. The van der Waals surface area contributed by atoms with Gasteiger partial charge in [0.25, 0.3) is 0 Å². The number of fused-ring (bicyclic) bond motifs is 1. The molecule has 2 saturated heterocycles. The summed E-state index contributed by atoms with van der Waals surface area (Å²) in [6.07, 6.45) is 0.533. The molecular formula is C22H26BrN3O3. The molecule has 0 bridgehead atoms. The average molecular weight is 460 g/mol. The van der Waals surface area contributed by atoms with Crippen LogP contribution in [-0.2, 0) is 4.79 Å². The lowest BCUT2D eigenvalue weighted by molar-refractivity contribution is -0.130. The highest BCUT2D eigenvalue weighted by molar-refractivity contribution is 9.10. The Bertz CT molecular complexity index is 918. The number of carbonyl (C=O) groups is 1. The molecule has 6 nitrogen and oxygen atoms in total. The third kappa shape index (κ3) is 3.57. The van der Waals surface area contributed by atoms with Crippen LogP contribution in [0.15, 0.2) is 40.9 Å². The van der Waals surface area contributed by atoms with E-state index in [0.717, 1.165) is 26.7 Å². The molecule has 154 valence electrons. The zero-order valence-electron chi connectivity index (χ0n) is 16.5. The molecule has 0 aromatic heterocycles. The highest BCUT2D eigenvalue weighted by Crippen LogP contribution is 2.49. The number of nitrogens with one attached hydrogen (secondary N) is 2. The van der Waals surface area contributed by atoms with Gasteiger partial charge >= 0.3 is 0 Å². The number of amides is 1. The van der Waals surface area contributed by atoms with E-state index < -0.39 is 0 Å². The van der Waals surface area contributed by atoms with Crippen LogP contribution < -0.4 is 10.9 Å². The second-order valence-corrected chi connectivity index (χ2v) is 8.86. The largest absolute Gasteiger partial charge is 0.507 e. The molecule has 2 aromatic carbocycles. The molecule has 0 radical (unpaired) electrons. The van der Waals surface area contributed by atoms with Crippen LogP contribution in [0.25, 0.3) is 0 Å². The van der Waals surface area contributed by atoms with Gasteiger partial charge in [-0.15, -0.1) is 0 Å². The van der Waals surface area contributed by atoms with Gasteiger partial charge in [0.05, 0.1) is 12.1 Å². The Morgan fingerprint density at radius 1 is 1.10 bits per heavy atom. The molecule has 0 spiro atoms. The van der Waals surface area contributed by atoms with Crippen molar-refractivity contribution >= 4 is 21.8 Å². The third-order valence-electron chi connectivity index (χ3n) is 5.99. The number of hydrogen-bond acceptors (Lipinski definition) is 5. The summed E-state index contributed by atoms with van der Waals surface area (Å²) in [5.74, 6) is 0.205. The minimum absolute atomic E-state index is 0.0234. The van der Waals surface area contributed by atoms with Crippen LogP contribution in [-0.4, -0.2) is 40.2 Å². The Kier molecular flexibility index (Phi) is 5.66. The molecule has 2 aliphatic rings. The van der Waals surface area contributed by atoms with E-state index in [9.17, 15) is 15.0 Å². The Morgan fingerprint density at radius 2 is 1.79 bits per heavy atom. The SMILES string of the molecule is Cc1cc(C)c(O)c(C2NNC3C(=O)N(CCCO)C(c4ccc(Br)cc4)C32)c1. The van der Waals surface area contributed by atoms with E-state index in [1.807, 2.05) is 55.1 Å². The number of nitrogens with zero attached hydrogens (tertiary/aromatic N) is 1. The van der Waals surface area contributed by atoms with E-state index in [4.69, 9.17) is 0 Å². The summed E-state index contributed by atoms with van der Waals surface area (Å²) in [4.78, 5) is 15.1. The molecule has 2 aromatic rings. The Morgan fingerprint density at radius 3 is 2.48 bits per heavy atom. The maximum atomic E-state index is 13.2. The van der Waals surface area contributed by atoms with Crippen LogP contribution in [0.3, 0.4) is 0 Å². The normalized spacial score (nSPS) is 26.2. The van der Waals surface area contributed by atoms with Crippen molar-refractivity contribution in [2.75, 3.05) is 13.2 Å². The number of aryl methyl sites for hydroxylation is 2. The topological polar surface area (TPSA) is 84.8 Å². The Balaban J connectivity index is 1.79. The van der Waals surface area contributed by atoms with Crippen molar-refractivity contribution in [1.29, 1.82) is 0 Å². The number of hydrazine groups is 1. The van der Waals surface area contributed by atoms with Gasteiger partial charge in [0.1, 0.15) is 11.8 Å². The zero-order valence-corrected chi connectivity index (χ0v) is 18.1. The summed E-state index contributed by atoms with van der Waals surface area (Å²) >= 11 is 3.48. The number of aliphatic hydroxyl groups is 1. The van der Waals surface area contributed by atoms with Crippen LogP contribution in [0.1, 0.15) is 40.8 Å². The standard InChI is InChI=1S/C22H26BrN3O3/c1-12-10-13(2)21(28)16(11-12)18-17-19(25-24-18)22(29)26(8-3-9-27)20(17)14-4-6-15(23)7-5-14/h4-7,10-11,17-20,24-25,27-28H,3,8-9H2,1-2H3. The maximum Gasteiger partial charge on any atom is 0.242 e. The third-order valence-corrected chi connectivity index (χ3v) is 6.52. The first-order valence-corrected chi connectivity index (χ1v) is 10.7. The van der Waals surface area contributed by atoms with Crippen LogP contribution in [0.4, 0.5) is 0 Å². The number of benzene rings is 2. The minimum Gasteiger partial charge on any atom is -0.507 e. The molecule has 7 heteroatoms. The molecule has 4 atom stereocenters. The fraction of sp³-hybridized carbons (Fsp3) is 0.409. The second-order valence-electron chi connectivity index (χ2n) is 7.95. The minimum atomic E-state index is -0.382. The Hall–Kier alpha value is -1.93. The Labute approximate surface area is 179 Å². The number of phenolic OH excluding ortho intramolecular Hbond substituents is 1. The van der Waals surface area contributed by atoms with Crippen molar-refractivity contribution in [2.45, 2.75) is 38.4 Å². The lowest BCUT2D eigenvalue weighted by Gasteiger charge is -2.31. The predicted octanol–water partition coefficient (Wildman–Crippen LogP) is 2.87. The van der Waals surface area contributed by atoms with Crippen molar-refractivity contribution in [1.82, 2.24) is 15.8 Å². The maximum absolute atomic E-state index is 13.2. The number of phenols is 1. The van der Waals surface area contributed by atoms with Crippen molar-refractivity contribution in [3.63, 3.8) is 0 Å². The van der Waals surface area contributed by atoms with Crippen LogP contribution in [0.2, 0.25) is 0 Å². The number of aromatic hydroxyl groups is 1. The second kappa shape index (κ2) is 8.07. The van der Waals surface area contributed by atoms with Crippen LogP contribution in [0, 0.1) is 19.8 Å². The van der Waals surface area contributed by atoms with Crippen molar-refractivity contribution in [3.05, 3.63) is 63.1 Å². The van der Waals surface area contributed by atoms with Gasteiger partial charge in [-0.05, 0) is 43.5 Å². The average Bonchev–Trinajstić information content (AvgIpc) is 3.23. The highest BCUT2D eigenvalue weighted by atomic mass is 79.9. The van der Waals surface area contributed by atoms with Crippen LogP contribution >= 0.6 is 15.9 Å². The van der Waals surface area contributed by atoms with Crippen molar-refractivity contribution in [2.24, 2.45) is 5.92 Å². The molecule has 2 heterocycles. The van der Waals surface area contributed by atoms with Crippen molar-refractivity contribution in [3.8, 4) is 5.75 Å². The van der Waals surface area contributed by atoms with E-state index in [0.29, 0.717) is 13.0 Å². The van der Waals surface area contributed by atoms with Crippen LogP contribution in [0.5, 0.6) is 5.75 Å².